The molecule has 2 N–H and O–H groups in total. The zero-order valence-electron chi connectivity index (χ0n) is 13.8. The van der Waals surface area contributed by atoms with Gasteiger partial charge in [0, 0.05) is 5.38 Å². The molecule has 0 bridgehead atoms. The van der Waals surface area contributed by atoms with Crippen molar-refractivity contribution in [3.8, 4) is 5.75 Å². The molecule has 25 heavy (non-hydrogen) atoms. The Morgan fingerprint density at radius 3 is 2.36 bits per heavy atom. The molecule has 1 unspecified atom stereocenters. The van der Waals surface area contributed by atoms with Crippen molar-refractivity contribution in [2.75, 3.05) is 12.4 Å². The zero-order chi connectivity index (χ0) is 18.6. The van der Waals surface area contributed by atoms with Crippen LogP contribution in [-0.2, 0) is 6.18 Å². The number of urea groups is 1. The number of hydrogen-bond donors (Lipinski definition) is 2. The number of nitrogens with zero attached hydrogens (tertiary/aromatic N) is 1. The number of rotatable bonds is 5. The summed E-state index contributed by atoms with van der Waals surface area (Å²) < 4.78 is 42.7. The highest BCUT2D eigenvalue weighted by atomic mass is 32.1. The molecule has 1 aromatic carbocycles. The van der Waals surface area contributed by atoms with Crippen LogP contribution >= 0.6 is 11.3 Å². The monoisotopic (exact) mass is 373 g/mol. The molecular weight excluding hydrogens is 355 g/mol. The zero-order valence-corrected chi connectivity index (χ0v) is 14.7. The molecule has 0 aliphatic heterocycles. The lowest BCUT2D eigenvalue weighted by atomic mass is 9.96. The smallest absolute Gasteiger partial charge is 0.434 e. The highest BCUT2D eigenvalue weighted by molar-refractivity contribution is 7.13. The van der Waals surface area contributed by atoms with Crippen molar-refractivity contribution in [3.63, 3.8) is 0 Å². The SMILES string of the molecule is COc1ccc(C(NC(=O)Nc2nc(C(F)(F)F)cs2)C(C)C)cc1. The maximum atomic E-state index is 12.5. The number of anilines is 1. The van der Waals surface area contributed by atoms with E-state index in [1.54, 1.807) is 19.2 Å². The summed E-state index contributed by atoms with van der Waals surface area (Å²) in [5.41, 5.74) is -0.163. The molecule has 2 aromatic rings. The molecule has 0 aliphatic carbocycles. The van der Waals surface area contributed by atoms with E-state index in [4.69, 9.17) is 4.74 Å². The van der Waals surface area contributed by atoms with Crippen molar-refractivity contribution in [2.45, 2.75) is 26.1 Å². The third kappa shape index (κ3) is 5.09. The molecule has 5 nitrogen and oxygen atoms in total. The predicted molar refractivity (Wildman–Crippen MR) is 89.8 cm³/mol. The topological polar surface area (TPSA) is 63.2 Å². The van der Waals surface area contributed by atoms with E-state index in [0.29, 0.717) is 5.75 Å². The summed E-state index contributed by atoms with van der Waals surface area (Å²) in [5.74, 6) is 0.763. The van der Waals surface area contributed by atoms with Crippen LogP contribution in [0.15, 0.2) is 29.6 Å². The minimum Gasteiger partial charge on any atom is -0.497 e. The third-order valence-electron chi connectivity index (χ3n) is 3.44. The average Bonchev–Trinajstić information content (AvgIpc) is 3.01. The molecule has 9 heteroatoms. The number of hydrogen-bond acceptors (Lipinski definition) is 4. The number of methoxy groups -OCH3 is 1. The van der Waals surface area contributed by atoms with Crippen LogP contribution in [0.3, 0.4) is 0 Å². The fraction of sp³-hybridized carbons (Fsp3) is 0.375. The van der Waals surface area contributed by atoms with Gasteiger partial charge in [0.2, 0.25) is 0 Å². The molecule has 0 spiro atoms. The lowest BCUT2D eigenvalue weighted by Gasteiger charge is -2.23. The van der Waals surface area contributed by atoms with Gasteiger partial charge >= 0.3 is 12.2 Å². The second kappa shape index (κ2) is 7.73. The number of ether oxygens (including phenoxy) is 1. The Bertz CT molecular complexity index is 714. The summed E-state index contributed by atoms with van der Waals surface area (Å²) in [6.45, 7) is 3.86. The van der Waals surface area contributed by atoms with E-state index < -0.39 is 17.9 Å². The van der Waals surface area contributed by atoms with Crippen molar-refractivity contribution in [1.82, 2.24) is 10.3 Å². The first-order valence-electron chi connectivity index (χ1n) is 7.45. The van der Waals surface area contributed by atoms with Crippen LogP contribution in [0.1, 0.15) is 31.1 Å². The maximum absolute atomic E-state index is 12.5. The van der Waals surface area contributed by atoms with Crippen LogP contribution < -0.4 is 15.4 Å². The van der Waals surface area contributed by atoms with Crippen molar-refractivity contribution < 1.29 is 22.7 Å². The van der Waals surface area contributed by atoms with Gasteiger partial charge in [0.05, 0.1) is 13.2 Å². The first-order chi connectivity index (χ1) is 11.7. The van der Waals surface area contributed by atoms with Gasteiger partial charge in [0.25, 0.3) is 0 Å². The molecule has 0 fully saturated rings. The molecule has 2 rings (SSSR count). The van der Waals surface area contributed by atoms with Gasteiger partial charge < -0.3 is 10.1 Å². The van der Waals surface area contributed by atoms with Gasteiger partial charge in [-0.3, -0.25) is 5.32 Å². The van der Waals surface area contributed by atoms with Crippen molar-refractivity contribution in [3.05, 3.63) is 40.9 Å². The fourth-order valence-corrected chi connectivity index (χ4v) is 2.89. The lowest BCUT2D eigenvalue weighted by Crippen LogP contribution is -2.35. The molecule has 136 valence electrons. The van der Waals surface area contributed by atoms with Crippen molar-refractivity contribution in [1.29, 1.82) is 0 Å². The quantitative estimate of drug-likeness (QED) is 0.799. The second-order valence-corrected chi connectivity index (χ2v) is 6.49. The van der Waals surface area contributed by atoms with Gasteiger partial charge in [-0.1, -0.05) is 26.0 Å². The Labute approximate surface area is 147 Å². The minimum absolute atomic E-state index is 0.0705. The summed E-state index contributed by atoms with van der Waals surface area (Å²) >= 11 is 0.721. The van der Waals surface area contributed by atoms with Crippen molar-refractivity contribution in [2.24, 2.45) is 5.92 Å². The highest BCUT2D eigenvalue weighted by Gasteiger charge is 2.34. The van der Waals surface area contributed by atoms with Gasteiger partial charge in [0.1, 0.15) is 5.75 Å². The Morgan fingerprint density at radius 2 is 1.88 bits per heavy atom. The van der Waals surface area contributed by atoms with Gasteiger partial charge in [-0.2, -0.15) is 13.2 Å². The molecule has 2 amide bonds. The van der Waals surface area contributed by atoms with Crippen LogP contribution in [0.4, 0.5) is 23.1 Å². The van der Waals surface area contributed by atoms with Crippen LogP contribution in [0.5, 0.6) is 5.75 Å². The number of nitrogens with one attached hydrogen (secondary N) is 2. The van der Waals surface area contributed by atoms with E-state index in [2.05, 4.69) is 15.6 Å². The first kappa shape index (κ1) is 19.0. The summed E-state index contributed by atoms with van der Waals surface area (Å²) in [5, 5.41) is 5.86. The largest absolute Gasteiger partial charge is 0.497 e. The molecular formula is C16H18F3N3O2S. The number of benzene rings is 1. The summed E-state index contributed by atoms with van der Waals surface area (Å²) in [6.07, 6.45) is -4.53. The highest BCUT2D eigenvalue weighted by Crippen LogP contribution is 2.31. The number of carbonyl (C=O) groups is 1. The van der Waals surface area contributed by atoms with Gasteiger partial charge in [0.15, 0.2) is 10.8 Å². The number of halogens is 3. The first-order valence-corrected chi connectivity index (χ1v) is 8.33. The lowest BCUT2D eigenvalue weighted by molar-refractivity contribution is -0.140. The van der Waals surface area contributed by atoms with E-state index in [0.717, 1.165) is 22.3 Å². The molecule has 1 aromatic heterocycles. The molecule has 0 saturated heterocycles. The Hall–Kier alpha value is -2.29. The normalized spacial score (nSPS) is 12.8. The van der Waals surface area contributed by atoms with E-state index in [9.17, 15) is 18.0 Å². The van der Waals surface area contributed by atoms with E-state index in [-0.39, 0.29) is 17.1 Å². The fourth-order valence-electron chi connectivity index (χ4n) is 2.18. The van der Waals surface area contributed by atoms with Gasteiger partial charge in [-0.05, 0) is 23.6 Å². The summed E-state index contributed by atoms with van der Waals surface area (Å²) in [4.78, 5) is 15.5. The van der Waals surface area contributed by atoms with Crippen LogP contribution in [0.2, 0.25) is 0 Å². The number of aromatic nitrogens is 1. The Kier molecular flexibility index (Phi) is 5.89. The second-order valence-electron chi connectivity index (χ2n) is 5.63. The van der Waals surface area contributed by atoms with Gasteiger partial charge in [-0.25, -0.2) is 9.78 Å². The van der Waals surface area contributed by atoms with Gasteiger partial charge in [-0.15, -0.1) is 11.3 Å². The van der Waals surface area contributed by atoms with E-state index in [1.807, 2.05) is 26.0 Å². The van der Waals surface area contributed by atoms with E-state index in [1.165, 1.54) is 0 Å². The molecule has 0 saturated carbocycles. The minimum atomic E-state index is -4.53. The number of carbonyl (C=O) groups excluding carboxylic acids is 1. The molecule has 1 atom stereocenters. The Balaban J connectivity index is 2.06. The van der Waals surface area contributed by atoms with Crippen LogP contribution in [-0.4, -0.2) is 18.1 Å². The van der Waals surface area contributed by atoms with Crippen LogP contribution in [0.25, 0.3) is 0 Å². The molecule has 0 aliphatic rings. The molecule has 0 radical (unpaired) electrons. The number of alkyl halides is 3. The number of amides is 2. The average molecular weight is 373 g/mol. The summed E-state index contributed by atoms with van der Waals surface area (Å²) in [7, 11) is 1.56. The predicted octanol–water partition coefficient (Wildman–Crippen LogP) is 4.69. The summed E-state index contributed by atoms with van der Waals surface area (Å²) in [6, 6.07) is 6.29. The third-order valence-corrected chi connectivity index (χ3v) is 4.20. The van der Waals surface area contributed by atoms with Crippen molar-refractivity contribution >= 4 is 22.5 Å². The maximum Gasteiger partial charge on any atom is 0.434 e. The van der Waals surface area contributed by atoms with Crippen LogP contribution in [0, 0.1) is 5.92 Å². The standard InChI is InChI=1S/C16H18F3N3O2S/c1-9(2)13(10-4-6-11(24-3)7-5-10)21-14(23)22-15-20-12(8-25-15)16(17,18)19/h4-9,13H,1-3H3,(H2,20,21,22,23). The van der Waals surface area contributed by atoms with E-state index >= 15 is 0 Å². The Morgan fingerprint density at radius 1 is 1.24 bits per heavy atom. The number of thiazole rings is 1. The molecule has 1 heterocycles.